The lowest BCUT2D eigenvalue weighted by Gasteiger charge is -2.38. The maximum Gasteiger partial charge on any atom is 0.303 e. The van der Waals surface area contributed by atoms with Crippen LogP contribution in [0.5, 0.6) is 0 Å². The zero-order valence-corrected chi connectivity index (χ0v) is 35.0. The van der Waals surface area contributed by atoms with E-state index in [-0.39, 0.29) is 58.9 Å². The molecule has 4 saturated carbocycles. The Labute approximate surface area is 332 Å². The lowest BCUT2D eigenvalue weighted by molar-refractivity contribution is -0.144. The summed E-state index contributed by atoms with van der Waals surface area (Å²) in [6.45, 7) is 16.0. The van der Waals surface area contributed by atoms with Crippen molar-refractivity contribution in [2.45, 2.75) is 130 Å². The average molecular weight is 796 g/mol. The third-order valence-corrected chi connectivity index (χ3v) is 16.3. The van der Waals surface area contributed by atoms with Gasteiger partial charge in [-0.3, -0.25) is 29.0 Å². The van der Waals surface area contributed by atoms with Crippen LogP contribution in [0.15, 0.2) is 31.2 Å². The molecule has 6 rings (SSSR count). The number of rotatable bonds is 14. The summed E-state index contributed by atoms with van der Waals surface area (Å²) in [7, 11) is -2.76. The van der Waals surface area contributed by atoms with Crippen LogP contribution in [-0.4, -0.2) is 95.3 Å². The second kappa shape index (κ2) is 14.9. The molecule has 2 heterocycles. The Bertz CT molecular complexity index is 1850. The molecule has 1 aromatic heterocycles. The van der Waals surface area contributed by atoms with Gasteiger partial charge in [-0.25, -0.2) is 9.71 Å². The minimum Gasteiger partial charge on any atom is -0.342 e. The summed E-state index contributed by atoms with van der Waals surface area (Å²) < 4.78 is 29.0. The Balaban J connectivity index is 1.29. The van der Waals surface area contributed by atoms with Crippen LogP contribution in [0.1, 0.15) is 123 Å². The van der Waals surface area contributed by atoms with Crippen molar-refractivity contribution >= 4 is 39.6 Å². The van der Waals surface area contributed by atoms with Gasteiger partial charge in [-0.1, -0.05) is 73.3 Å². The topological polar surface area (TPSA) is 188 Å². The van der Waals surface area contributed by atoms with Crippen LogP contribution in [0, 0.1) is 38.9 Å². The number of allylic oxidation sites excluding steroid dienone is 1. The molecule has 5 aliphatic rings. The summed E-state index contributed by atoms with van der Waals surface area (Å²) in [5.41, 5.74) is -2.48. The molecule has 3 N–H and O–H groups in total. The number of Topliss-reactive ketones (excluding diaryl/α,β-unsaturated/α-hetero) is 1. The number of ketones is 1. The van der Waals surface area contributed by atoms with Crippen LogP contribution in [0.3, 0.4) is 0 Å². The predicted molar refractivity (Wildman–Crippen MR) is 210 cm³/mol. The van der Waals surface area contributed by atoms with E-state index in [1.807, 2.05) is 20.8 Å². The molecule has 4 amide bonds. The van der Waals surface area contributed by atoms with Crippen molar-refractivity contribution in [2.24, 2.45) is 38.9 Å². The Morgan fingerprint density at radius 3 is 2.21 bits per heavy atom. The van der Waals surface area contributed by atoms with Gasteiger partial charge in [0.1, 0.15) is 17.8 Å². The molecule has 1 unspecified atom stereocenters. The fraction of sp³-hybridized carbons (Fsp3) is 0.732. The molecular formula is C41H61N7O7S. The molecule has 2 spiro atoms. The third-order valence-electron chi connectivity index (χ3n) is 14.8. The van der Waals surface area contributed by atoms with E-state index in [4.69, 9.17) is 0 Å². The molecule has 1 aliphatic heterocycles. The molecule has 0 radical (unpaired) electrons. The molecule has 14 nitrogen and oxygen atoms in total. The van der Waals surface area contributed by atoms with E-state index in [0.717, 1.165) is 55.7 Å². The van der Waals surface area contributed by atoms with Gasteiger partial charge in [-0.15, -0.1) is 6.58 Å². The number of carbonyl (C=O) groups excluding carboxylic acids is 5. The van der Waals surface area contributed by atoms with Crippen LogP contribution in [0.2, 0.25) is 0 Å². The van der Waals surface area contributed by atoms with Gasteiger partial charge < -0.3 is 15.5 Å². The van der Waals surface area contributed by atoms with Gasteiger partial charge in [0.25, 0.3) is 5.91 Å². The Morgan fingerprint density at radius 1 is 1.02 bits per heavy atom. The van der Waals surface area contributed by atoms with Crippen LogP contribution in [0.25, 0.3) is 0 Å². The lowest BCUT2D eigenvalue weighted by Crippen LogP contribution is -2.61. The van der Waals surface area contributed by atoms with Gasteiger partial charge in [0, 0.05) is 44.4 Å². The predicted octanol–water partition coefficient (Wildman–Crippen LogP) is 3.95. The number of nitrogens with one attached hydrogen (secondary N) is 3. The molecule has 1 saturated heterocycles. The fourth-order valence-electron chi connectivity index (χ4n) is 10.7. The molecular weight excluding hydrogens is 735 g/mol. The highest BCUT2D eigenvalue weighted by atomic mass is 32.2. The van der Waals surface area contributed by atoms with E-state index in [0.29, 0.717) is 13.0 Å². The first kappa shape index (κ1) is 41.9. The third kappa shape index (κ3) is 6.98. The van der Waals surface area contributed by atoms with Gasteiger partial charge in [-0.05, 0) is 66.6 Å². The molecule has 0 bridgehead atoms. The molecule has 0 aromatic carbocycles. The lowest BCUT2D eigenvalue weighted by atomic mass is 9.73. The number of nitrogens with zero attached hydrogens (tertiary/aromatic N) is 4. The highest BCUT2D eigenvalue weighted by Gasteiger charge is 2.85. The summed E-state index contributed by atoms with van der Waals surface area (Å²) in [5, 5.41) is 5.97. The second-order valence-corrected chi connectivity index (χ2v) is 20.5. The maximum absolute atomic E-state index is 15.1. The summed E-state index contributed by atoms with van der Waals surface area (Å²) in [4.78, 5) is 81.1. The standard InChI is InChI=1S/C41H61N7O7S/c1-9-27-21-39(27,36(53)46-56(54,55)47(8)10-2)23-30(49)29-22-41(38(6,7)40(41)17-14-18-40)25-48(29)35(52)32(37(3,4)5)45-34(51)31(26-15-12-11-13-16-26)44-33(50)28-24-42-19-20-43-28/h9,19-20,24,26-27,29,31-32H,1,10-18,21-23,25H2,2-8H3,(H,44,50)(H,45,51)(H,46,53)/t27-,29+,31?,32-,39-,41-/m1/s1. The minimum absolute atomic E-state index is 0.0121. The first-order chi connectivity index (χ1) is 26.2. The van der Waals surface area contributed by atoms with Gasteiger partial charge >= 0.3 is 10.2 Å². The van der Waals surface area contributed by atoms with Crippen molar-refractivity contribution < 1.29 is 32.4 Å². The SMILES string of the molecule is C=C[C@@H]1C[C@]1(CC(=O)[C@@H]1C[C@@]2(CN1C(=O)[C@@H](NC(=O)C(NC(=O)c1cnccn1)C1CCCCC1)C(C)(C)C)C(C)(C)C21CCC1)C(=O)NS(=O)(=O)N(C)CC. The molecule has 1 aromatic rings. The van der Waals surface area contributed by atoms with Gasteiger partial charge in [0.05, 0.1) is 17.7 Å². The van der Waals surface area contributed by atoms with Crippen molar-refractivity contribution in [3.8, 4) is 0 Å². The summed E-state index contributed by atoms with van der Waals surface area (Å²) in [6.07, 6.45) is 13.7. The highest BCUT2D eigenvalue weighted by Crippen LogP contribution is 2.88. The number of likely N-dealkylation sites (tertiary alicyclic amines) is 1. The first-order valence-corrected chi connectivity index (χ1v) is 21.8. The minimum atomic E-state index is -4.13. The monoisotopic (exact) mass is 795 g/mol. The first-order valence-electron chi connectivity index (χ1n) is 20.3. The summed E-state index contributed by atoms with van der Waals surface area (Å²) >= 11 is 0. The highest BCUT2D eigenvalue weighted by molar-refractivity contribution is 7.87. The number of aromatic nitrogens is 2. The zero-order chi connectivity index (χ0) is 41.1. The van der Waals surface area contributed by atoms with E-state index in [2.05, 4.69) is 45.8 Å². The van der Waals surface area contributed by atoms with Gasteiger partial charge in [0.15, 0.2) is 5.78 Å². The van der Waals surface area contributed by atoms with E-state index in [1.54, 1.807) is 17.9 Å². The number of carbonyl (C=O) groups is 5. The average Bonchev–Trinajstić information content (AvgIpc) is 3.87. The molecule has 6 atom stereocenters. The Kier molecular flexibility index (Phi) is 11.1. The second-order valence-electron chi connectivity index (χ2n) is 18.8. The van der Waals surface area contributed by atoms with Crippen molar-refractivity contribution in [3.05, 3.63) is 36.9 Å². The largest absolute Gasteiger partial charge is 0.342 e. The quantitative estimate of drug-likeness (QED) is 0.235. The van der Waals surface area contributed by atoms with Crippen molar-refractivity contribution in [1.29, 1.82) is 0 Å². The number of hydrogen-bond donors (Lipinski definition) is 3. The Morgan fingerprint density at radius 2 is 1.70 bits per heavy atom. The number of hydrogen-bond acceptors (Lipinski definition) is 9. The molecule has 5 fully saturated rings. The zero-order valence-electron chi connectivity index (χ0n) is 34.2. The van der Waals surface area contributed by atoms with Crippen molar-refractivity contribution in [2.75, 3.05) is 20.1 Å². The maximum atomic E-state index is 15.1. The van der Waals surface area contributed by atoms with Crippen LogP contribution in [-0.2, 0) is 29.4 Å². The molecule has 308 valence electrons. The van der Waals surface area contributed by atoms with E-state index in [9.17, 15) is 27.6 Å². The van der Waals surface area contributed by atoms with E-state index in [1.165, 1.54) is 25.6 Å². The van der Waals surface area contributed by atoms with Crippen molar-refractivity contribution in [3.63, 3.8) is 0 Å². The molecule has 4 aliphatic carbocycles. The summed E-state index contributed by atoms with van der Waals surface area (Å²) in [6, 6.07) is -2.84. The van der Waals surface area contributed by atoms with Crippen molar-refractivity contribution in [1.82, 2.24) is 34.5 Å². The van der Waals surface area contributed by atoms with E-state index < -0.39 is 62.8 Å². The van der Waals surface area contributed by atoms with Gasteiger partial charge in [-0.2, -0.15) is 12.7 Å². The number of fused-ring (bicyclic) bond motifs is 1. The molecule has 56 heavy (non-hydrogen) atoms. The smallest absolute Gasteiger partial charge is 0.303 e. The fourth-order valence-corrected chi connectivity index (χ4v) is 11.7. The Hall–Kier alpha value is -3.72. The molecule has 15 heteroatoms. The van der Waals surface area contributed by atoms with Crippen LogP contribution >= 0.6 is 0 Å². The van der Waals surface area contributed by atoms with Crippen LogP contribution in [0.4, 0.5) is 0 Å². The number of amides is 4. The van der Waals surface area contributed by atoms with Crippen LogP contribution < -0.4 is 15.4 Å². The normalized spacial score (nSPS) is 28.9. The van der Waals surface area contributed by atoms with E-state index >= 15 is 4.79 Å². The van der Waals surface area contributed by atoms with Gasteiger partial charge in [0.2, 0.25) is 17.7 Å². The summed E-state index contributed by atoms with van der Waals surface area (Å²) in [5.74, 6) is -2.98.